The van der Waals surface area contributed by atoms with E-state index in [-0.39, 0.29) is 5.56 Å². The second-order valence-electron chi connectivity index (χ2n) is 7.90. The summed E-state index contributed by atoms with van der Waals surface area (Å²) in [5.74, 6) is -2.11. The molecule has 0 N–H and O–H groups in total. The van der Waals surface area contributed by atoms with Crippen LogP contribution in [0.15, 0.2) is 30.3 Å². The fraction of sp³-hybridized carbons (Fsp3) is 0.500. The van der Waals surface area contributed by atoms with Gasteiger partial charge >= 0.3 is 0 Å². The van der Waals surface area contributed by atoms with Crippen molar-refractivity contribution in [2.75, 3.05) is 7.11 Å². The molecule has 0 aliphatic heterocycles. The third-order valence-electron chi connectivity index (χ3n) is 6.08. The van der Waals surface area contributed by atoms with Gasteiger partial charge in [0.15, 0.2) is 17.5 Å². The van der Waals surface area contributed by atoms with E-state index >= 15 is 0 Å². The Morgan fingerprint density at radius 2 is 1.64 bits per heavy atom. The van der Waals surface area contributed by atoms with Crippen molar-refractivity contribution in [1.82, 2.24) is 0 Å². The van der Waals surface area contributed by atoms with E-state index in [0.717, 1.165) is 30.4 Å². The first-order valence-corrected chi connectivity index (χ1v) is 10.4. The maximum absolute atomic E-state index is 14.4. The molecule has 0 saturated heterocycles. The third-order valence-corrected chi connectivity index (χ3v) is 6.08. The van der Waals surface area contributed by atoms with Crippen LogP contribution < -0.4 is 4.74 Å². The van der Waals surface area contributed by atoms with E-state index in [1.54, 1.807) is 6.07 Å². The number of hydrogen-bond acceptors (Lipinski definition) is 1. The van der Waals surface area contributed by atoms with Gasteiger partial charge in [0.05, 0.1) is 7.11 Å². The van der Waals surface area contributed by atoms with Gasteiger partial charge in [0, 0.05) is 11.1 Å². The van der Waals surface area contributed by atoms with E-state index in [9.17, 15) is 13.2 Å². The van der Waals surface area contributed by atoms with E-state index in [2.05, 4.69) is 6.92 Å². The van der Waals surface area contributed by atoms with Crippen molar-refractivity contribution >= 4 is 0 Å². The summed E-state index contributed by atoms with van der Waals surface area (Å²) in [5, 5.41) is 0. The molecule has 0 heterocycles. The molecule has 1 nitrogen and oxygen atoms in total. The molecule has 0 spiro atoms. The van der Waals surface area contributed by atoms with Crippen molar-refractivity contribution < 1.29 is 17.9 Å². The monoisotopic (exact) mass is 390 g/mol. The molecular weight excluding hydrogens is 361 g/mol. The van der Waals surface area contributed by atoms with Crippen LogP contribution >= 0.6 is 0 Å². The highest BCUT2D eigenvalue weighted by molar-refractivity contribution is 5.72. The third kappa shape index (κ3) is 4.53. The molecule has 0 amide bonds. The second-order valence-corrected chi connectivity index (χ2v) is 7.90. The fourth-order valence-corrected chi connectivity index (χ4v) is 4.39. The molecule has 1 aliphatic carbocycles. The lowest BCUT2D eigenvalue weighted by atomic mass is 9.76. The minimum atomic E-state index is -1.45. The maximum atomic E-state index is 14.4. The van der Waals surface area contributed by atoms with Gasteiger partial charge in [-0.3, -0.25) is 0 Å². The van der Waals surface area contributed by atoms with E-state index in [0.29, 0.717) is 17.2 Å². The number of halogens is 3. The van der Waals surface area contributed by atoms with Crippen LogP contribution in [0.25, 0.3) is 11.1 Å². The average Bonchev–Trinajstić information content (AvgIpc) is 2.72. The highest BCUT2D eigenvalue weighted by atomic mass is 19.2. The standard InChI is InChI=1S/C24H29F3O/c1-3-4-5-6-16-7-9-17(10-8-16)18-11-14-22(28-2)20(15-18)19-12-13-21(25)24(27)23(19)26/h11-17H,3-10H2,1-2H3. The average molecular weight is 390 g/mol. The molecule has 0 aromatic heterocycles. The largest absolute Gasteiger partial charge is 0.496 e. The molecule has 2 aromatic carbocycles. The zero-order chi connectivity index (χ0) is 20.1. The number of unbranched alkanes of at least 4 members (excludes halogenated alkanes) is 2. The smallest absolute Gasteiger partial charge is 0.195 e. The first-order valence-electron chi connectivity index (χ1n) is 10.4. The predicted octanol–water partition coefficient (Wildman–Crippen LogP) is 7.63. The number of rotatable bonds is 7. The Morgan fingerprint density at radius 3 is 2.32 bits per heavy atom. The number of benzene rings is 2. The highest BCUT2D eigenvalue weighted by Gasteiger charge is 2.24. The molecular formula is C24H29F3O. The van der Waals surface area contributed by atoms with Crippen LogP contribution in [-0.2, 0) is 0 Å². The summed E-state index contributed by atoms with van der Waals surface area (Å²) in [7, 11) is 1.50. The van der Waals surface area contributed by atoms with Crippen LogP contribution in [0.1, 0.15) is 69.8 Å². The van der Waals surface area contributed by atoms with Gasteiger partial charge in [-0.25, -0.2) is 13.2 Å². The van der Waals surface area contributed by atoms with Crippen LogP contribution in [0.2, 0.25) is 0 Å². The predicted molar refractivity (Wildman–Crippen MR) is 107 cm³/mol. The van der Waals surface area contributed by atoms with Gasteiger partial charge < -0.3 is 4.74 Å². The van der Waals surface area contributed by atoms with E-state index in [1.807, 2.05) is 12.1 Å². The lowest BCUT2D eigenvalue weighted by Gasteiger charge is -2.29. The number of methoxy groups -OCH3 is 1. The summed E-state index contributed by atoms with van der Waals surface area (Å²) in [6, 6.07) is 7.94. The molecule has 3 rings (SSSR count). The summed E-state index contributed by atoms with van der Waals surface area (Å²) < 4.78 is 46.8. The first kappa shape index (κ1) is 20.8. The molecule has 152 valence electrons. The quantitative estimate of drug-likeness (QED) is 0.349. The summed E-state index contributed by atoms with van der Waals surface area (Å²) in [6.07, 6.45) is 9.85. The van der Waals surface area contributed by atoms with Crippen molar-refractivity contribution in [3.63, 3.8) is 0 Å². The van der Waals surface area contributed by atoms with Gasteiger partial charge in [0.25, 0.3) is 0 Å². The Bertz CT molecular complexity index is 795. The zero-order valence-corrected chi connectivity index (χ0v) is 16.7. The summed E-state index contributed by atoms with van der Waals surface area (Å²) in [4.78, 5) is 0. The van der Waals surface area contributed by atoms with E-state index in [4.69, 9.17) is 4.74 Å². The molecule has 0 radical (unpaired) electrons. The van der Waals surface area contributed by atoms with Crippen LogP contribution in [-0.4, -0.2) is 7.11 Å². The molecule has 0 bridgehead atoms. The van der Waals surface area contributed by atoms with Crippen LogP contribution in [0, 0.1) is 23.4 Å². The number of hydrogen-bond donors (Lipinski definition) is 0. The number of ether oxygens (including phenoxy) is 1. The van der Waals surface area contributed by atoms with Gasteiger partial charge in [-0.15, -0.1) is 0 Å². The molecule has 1 fully saturated rings. The fourth-order valence-electron chi connectivity index (χ4n) is 4.39. The van der Waals surface area contributed by atoms with Crippen LogP contribution in [0.4, 0.5) is 13.2 Å². The second kappa shape index (κ2) is 9.49. The lowest BCUT2D eigenvalue weighted by Crippen LogP contribution is -2.13. The Morgan fingerprint density at radius 1 is 0.893 bits per heavy atom. The van der Waals surface area contributed by atoms with Crippen molar-refractivity contribution in [3.05, 3.63) is 53.3 Å². The van der Waals surface area contributed by atoms with Gasteiger partial charge in [0.2, 0.25) is 0 Å². The lowest BCUT2D eigenvalue weighted by molar-refractivity contribution is 0.302. The van der Waals surface area contributed by atoms with E-state index in [1.165, 1.54) is 51.7 Å². The topological polar surface area (TPSA) is 9.23 Å². The molecule has 1 saturated carbocycles. The van der Waals surface area contributed by atoms with Crippen molar-refractivity contribution in [1.29, 1.82) is 0 Å². The van der Waals surface area contributed by atoms with E-state index < -0.39 is 17.5 Å². The Labute approximate surface area is 165 Å². The minimum absolute atomic E-state index is 0.0332. The van der Waals surface area contributed by atoms with Crippen molar-refractivity contribution in [2.45, 2.75) is 64.2 Å². The van der Waals surface area contributed by atoms with Gasteiger partial charge in [-0.05, 0) is 67.3 Å². The molecule has 2 aromatic rings. The summed E-state index contributed by atoms with van der Waals surface area (Å²) in [6.45, 7) is 2.23. The molecule has 0 unspecified atom stereocenters. The van der Waals surface area contributed by atoms with Crippen molar-refractivity contribution in [3.8, 4) is 16.9 Å². The van der Waals surface area contributed by atoms with Gasteiger partial charge in [0.1, 0.15) is 5.75 Å². The Balaban J connectivity index is 1.80. The molecule has 1 aliphatic rings. The van der Waals surface area contributed by atoms with Crippen LogP contribution in [0.3, 0.4) is 0 Å². The SMILES string of the molecule is CCCCCC1CCC(c2ccc(OC)c(-c3ccc(F)c(F)c3F)c2)CC1. The summed E-state index contributed by atoms with van der Waals surface area (Å²) in [5.41, 5.74) is 1.62. The maximum Gasteiger partial charge on any atom is 0.195 e. The van der Waals surface area contributed by atoms with Gasteiger partial charge in [-0.1, -0.05) is 38.7 Å². The Hall–Kier alpha value is -1.97. The minimum Gasteiger partial charge on any atom is -0.496 e. The van der Waals surface area contributed by atoms with Crippen molar-refractivity contribution in [2.24, 2.45) is 5.92 Å². The Kier molecular flexibility index (Phi) is 7.03. The normalized spacial score (nSPS) is 19.6. The first-order chi connectivity index (χ1) is 13.5. The van der Waals surface area contributed by atoms with Gasteiger partial charge in [-0.2, -0.15) is 0 Å². The zero-order valence-electron chi connectivity index (χ0n) is 16.7. The molecule has 28 heavy (non-hydrogen) atoms. The summed E-state index contributed by atoms with van der Waals surface area (Å²) >= 11 is 0. The highest BCUT2D eigenvalue weighted by Crippen LogP contribution is 2.41. The van der Waals surface area contributed by atoms with Crippen LogP contribution in [0.5, 0.6) is 5.75 Å². The molecule has 0 atom stereocenters. The molecule has 4 heteroatoms.